The molecule has 0 saturated heterocycles. The maximum atomic E-state index is 9.74. The number of benzene rings is 2. The Hall–Kier alpha value is -1.84. The van der Waals surface area contributed by atoms with E-state index in [1.807, 2.05) is 30.3 Å². The third kappa shape index (κ3) is 4.09. The Labute approximate surface area is 133 Å². The van der Waals surface area contributed by atoms with Gasteiger partial charge in [0.15, 0.2) is 0 Å². The van der Waals surface area contributed by atoms with Gasteiger partial charge in [-0.05, 0) is 36.1 Å². The highest BCUT2D eigenvalue weighted by molar-refractivity contribution is 5.31. The molecule has 3 nitrogen and oxygen atoms in total. The van der Waals surface area contributed by atoms with Gasteiger partial charge in [0.1, 0.15) is 5.75 Å². The third-order valence-corrected chi connectivity index (χ3v) is 4.22. The second-order valence-electron chi connectivity index (χ2n) is 5.67. The monoisotopic (exact) mass is 299 g/mol. The normalized spacial score (nSPS) is 15.1. The minimum absolute atomic E-state index is 0.0546. The van der Waals surface area contributed by atoms with E-state index in [-0.39, 0.29) is 18.7 Å². The molecule has 2 aromatic carbocycles. The first-order valence-corrected chi connectivity index (χ1v) is 7.71. The van der Waals surface area contributed by atoms with Crippen molar-refractivity contribution in [3.05, 3.63) is 65.7 Å². The molecule has 0 aliphatic carbocycles. The molecule has 0 fully saturated rings. The van der Waals surface area contributed by atoms with E-state index in [1.54, 1.807) is 7.11 Å². The Kier molecular flexibility index (Phi) is 5.99. The van der Waals surface area contributed by atoms with Gasteiger partial charge in [0, 0.05) is 6.04 Å². The van der Waals surface area contributed by atoms with Crippen LogP contribution in [0.25, 0.3) is 0 Å². The van der Waals surface area contributed by atoms with Crippen LogP contribution >= 0.6 is 0 Å². The quantitative estimate of drug-likeness (QED) is 0.822. The molecule has 0 saturated carbocycles. The van der Waals surface area contributed by atoms with Crippen LogP contribution in [0.15, 0.2) is 54.6 Å². The predicted molar refractivity (Wildman–Crippen MR) is 90.3 cm³/mol. The van der Waals surface area contributed by atoms with E-state index >= 15 is 0 Å². The Morgan fingerprint density at radius 2 is 1.68 bits per heavy atom. The van der Waals surface area contributed by atoms with Gasteiger partial charge in [-0.2, -0.15) is 0 Å². The van der Waals surface area contributed by atoms with Gasteiger partial charge in [-0.3, -0.25) is 0 Å². The molecule has 118 valence electrons. The van der Waals surface area contributed by atoms with Crippen molar-refractivity contribution in [1.82, 2.24) is 5.32 Å². The largest absolute Gasteiger partial charge is 0.497 e. The summed E-state index contributed by atoms with van der Waals surface area (Å²) in [7, 11) is 1.65. The lowest BCUT2D eigenvalue weighted by Crippen LogP contribution is -2.36. The van der Waals surface area contributed by atoms with Crippen LogP contribution in [0.3, 0.4) is 0 Å². The minimum Gasteiger partial charge on any atom is -0.497 e. The maximum absolute atomic E-state index is 9.74. The van der Waals surface area contributed by atoms with Crippen LogP contribution in [0.1, 0.15) is 36.9 Å². The molecule has 2 rings (SSSR count). The third-order valence-electron chi connectivity index (χ3n) is 4.22. The first kappa shape index (κ1) is 16.5. The Balaban J connectivity index is 2.09. The van der Waals surface area contributed by atoms with Crippen LogP contribution in [-0.2, 0) is 0 Å². The number of aliphatic hydroxyl groups is 1. The van der Waals surface area contributed by atoms with E-state index in [0.717, 1.165) is 11.3 Å². The zero-order valence-electron chi connectivity index (χ0n) is 13.5. The second kappa shape index (κ2) is 7.97. The molecule has 3 unspecified atom stereocenters. The summed E-state index contributed by atoms with van der Waals surface area (Å²) >= 11 is 0. The van der Waals surface area contributed by atoms with E-state index < -0.39 is 0 Å². The van der Waals surface area contributed by atoms with Gasteiger partial charge >= 0.3 is 0 Å². The minimum atomic E-state index is -0.101. The van der Waals surface area contributed by atoms with Crippen molar-refractivity contribution in [3.8, 4) is 5.75 Å². The van der Waals surface area contributed by atoms with Crippen molar-refractivity contribution in [3.63, 3.8) is 0 Å². The maximum Gasteiger partial charge on any atom is 0.119 e. The molecule has 22 heavy (non-hydrogen) atoms. The van der Waals surface area contributed by atoms with Crippen LogP contribution < -0.4 is 10.1 Å². The number of ether oxygens (including phenoxy) is 1. The molecule has 0 aromatic heterocycles. The number of methoxy groups -OCH3 is 1. The smallest absolute Gasteiger partial charge is 0.119 e. The molecule has 2 aromatic rings. The molecule has 0 bridgehead atoms. The van der Waals surface area contributed by atoms with Crippen molar-refractivity contribution in [2.75, 3.05) is 13.7 Å². The van der Waals surface area contributed by atoms with Crippen molar-refractivity contribution < 1.29 is 9.84 Å². The highest BCUT2D eigenvalue weighted by Gasteiger charge is 2.19. The van der Waals surface area contributed by atoms with Crippen molar-refractivity contribution >= 4 is 0 Å². The van der Waals surface area contributed by atoms with Crippen LogP contribution in [0.2, 0.25) is 0 Å². The van der Waals surface area contributed by atoms with E-state index in [1.165, 1.54) is 5.56 Å². The molecule has 0 aliphatic heterocycles. The number of aliphatic hydroxyl groups excluding tert-OH is 1. The van der Waals surface area contributed by atoms with E-state index in [4.69, 9.17) is 4.74 Å². The van der Waals surface area contributed by atoms with Crippen molar-refractivity contribution in [2.24, 2.45) is 0 Å². The molecule has 0 heterocycles. The first-order valence-electron chi connectivity index (χ1n) is 7.71. The van der Waals surface area contributed by atoms with Crippen LogP contribution in [-0.4, -0.2) is 24.9 Å². The molecule has 0 radical (unpaired) electrons. The van der Waals surface area contributed by atoms with Crippen LogP contribution in [0, 0.1) is 0 Å². The fourth-order valence-corrected chi connectivity index (χ4v) is 2.62. The number of nitrogens with one attached hydrogen (secondary N) is 1. The molecule has 0 spiro atoms. The average molecular weight is 299 g/mol. The van der Waals surface area contributed by atoms with Gasteiger partial charge < -0.3 is 15.2 Å². The lowest BCUT2D eigenvalue weighted by Gasteiger charge is -2.27. The van der Waals surface area contributed by atoms with Crippen molar-refractivity contribution in [2.45, 2.75) is 31.8 Å². The van der Waals surface area contributed by atoms with Gasteiger partial charge in [0.05, 0.1) is 19.8 Å². The zero-order chi connectivity index (χ0) is 15.9. The molecule has 2 N–H and O–H groups in total. The Bertz CT molecular complexity index is 571. The Morgan fingerprint density at radius 3 is 2.32 bits per heavy atom. The molecule has 3 heteroatoms. The van der Waals surface area contributed by atoms with Crippen LogP contribution in [0.4, 0.5) is 0 Å². The first-order chi connectivity index (χ1) is 10.7. The Morgan fingerprint density at radius 1 is 1.00 bits per heavy atom. The lowest BCUT2D eigenvalue weighted by atomic mass is 9.93. The fraction of sp³-hybridized carbons (Fsp3) is 0.368. The standard InChI is InChI=1S/C19H25NO2/c1-14(16-8-5-4-6-9-16)15(2)20-19(13-21)17-10-7-11-18(12-17)22-3/h4-12,14-15,19-21H,13H2,1-3H3. The van der Waals surface area contributed by atoms with Gasteiger partial charge in [0.25, 0.3) is 0 Å². The number of hydrogen-bond acceptors (Lipinski definition) is 3. The molecular weight excluding hydrogens is 274 g/mol. The van der Waals surface area contributed by atoms with Crippen LogP contribution in [0.5, 0.6) is 5.75 Å². The molecule has 0 aliphatic rings. The lowest BCUT2D eigenvalue weighted by molar-refractivity contribution is 0.230. The number of hydrogen-bond donors (Lipinski definition) is 2. The van der Waals surface area contributed by atoms with Gasteiger partial charge in [-0.25, -0.2) is 0 Å². The van der Waals surface area contributed by atoms with Gasteiger partial charge in [-0.15, -0.1) is 0 Å². The predicted octanol–water partition coefficient (Wildman–Crippen LogP) is 3.51. The summed E-state index contributed by atoms with van der Waals surface area (Å²) in [5, 5.41) is 13.3. The van der Waals surface area contributed by atoms with Crippen molar-refractivity contribution in [1.29, 1.82) is 0 Å². The van der Waals surface area contributed by atoms with Gasteiger partial charge in [-0.1, -0.05) is 49.4 Å². The van der Waals surface area contributed by atoms with E-state index in [2.05, 4.69) is 43.4 Å². The zero-order valence-corrected chi connectivity index (χ0v) is 13.5. The summed E-state index contributed by atoms with van der Waals surface area (Å²) < 4.78 is 5.26. The highest BCUT2D eigenvalue weighted by Crippen LogP contribution is 2.23. The van der Waals surface area contributed by atoms with E-state index in [0.29, 0.717) is 5.92 Å². The average Bonchev–Trinajstić information content (AvgIpc) is 2.59. The summed E-state index contributed by atoms with van der Waals surface area (Å²) in [5.74, 6) is 1.17. The second-order valence-corrected chi connectivity index (χ2v) is 5.67. The molecule has 3 atom stereocenters. The summed E-state index contributed by atoms with van der Waals surface area (Å²) in [5.41, 5.74) is 2.33. The molecular formula is C19H25NO2. The summed E-state index contributed by atoms with van der Waals surface area (Å²) in [6.45, 7) is 4.41. The molecule has 0 amide bonds. The van der Waals surface area contributed by atoms with E-state index in [9.17, 15) is 5.11 Å². The SMILES string of the molecule is COc1cccc(C(CO)NC(C)C(C)c2ccccc2)c1. The summed E-state index contributed by atoms with van der Waals surface area (Å²) in [4.78, 5) is 0. The topological polar surface area (TPSA) is 41.5 Å². The summed E-state index contributed by atoms with van der Waals surface area (Å²) in [6.07, 6.45) is 0. The van der Waals surface area contributed by atoms with Gasteiger partial charge in [0.2, 0.25) is 0 Å². The summed E-state index contributed by atoms with van der Waals surface area (Å²) in [6, 6.07) is 18.4. The highest BCUT2D eigenvalue weighted by atomic mass is 16.5. The fourth-order valence-electron chi connectivity index (χ4n) is 2.62. The number of rotatable bonds is 7.